The Morgan fingerprint density at radius 2 is 1.90 bits per heavy atom. The molecule has 1 aliphatic heterocycles. The highest BCUT2D eigenvalue weighted by molar-refractivity contribution is 5.87. The van der Waals surface area contributed by atoms with Crippen LogP contribution in [-0.4, -0.2) is 20.7 Å². The number of nitrogens with zero attached hydrogens (tertiary/aromatic N) is 3. The molecule has 0 fully saturated rings. The SMILES string of the molecule is CC.Cc1ccc(-c2ccn(-c3ccc4c5c(n(C)c4c3)CNCC5)c(=O)c2)nc1. The summed E-state index contributed by atoms with van der Waals surface area (Å²) in [5.41, 5.74) is 7.51. The van der Waals surface area contributed by atoms with Gasteiger partial charge in [-0.1, -0.05) is 26.0 Å². The Bertz CT molecular complexity index is 1250. The molecule has 0 saturated carbocycles. The minimum absolute atomic E-state index is 0.0557. The van der Waals surface area contributed by atoms with E-state index in [2.05, 4.69) is 34.0 Å². The summed E-state index contributed by atoms with van der Waals surface area (Å²) in [6.07, 6.45) is 4.70. The van der Waals surface area contributed by atoms with Crippen molar-refractivity contribution in [1.82, 2.24) is 19.4 Å². The normalized spacial score (nSPS) is 12.9. The van der Waals surface area contributed by atoms with Crippen molar-refractivity contribution < 1.29 is 0 Å². The summed E-state index contributed by atoms with van der Waals surface area (Å²) in [4.78, 5) is 17.2. The van der Waals surface area contributed by atoms with Gasteiger partial charge in [-0.15, -0.1) is 0 Å². The first kappa shape index (κ1) is 20.1. The molecule has 0 saturated heterocycles. The van der Waals surface area contributed by atoms with E-state index < -0.39 is 0 Å². The van der Waals surface area contributed by atoms with Crippen LogP contribution in [0.25, 0.3) is 27.8 Å². The molecule has 0 spiro atoms. The number of fused-ring (bicyclic) bond motifs is 3. The summed E-state index contributed by atoms with van der Waals surface area (Å²) in [5, 5.41) is 4.73. The first-order valence-corrected chi connectivity index (χ1v) is 10.6. The molecule has 1 N–H and O–H groups in total. The van der Waals surface area contributed by atoms with E-state index in [1.165, 1.54) is 22.2 Å². The van der Waals surface area contributed by atoms with Gasteiger partial charge in [0.15, 0.2) is 0 Å². The molecular weight excluding hydrogens is 372 g/mol. The number of benzene rings is 1. The fourth-order valence-corrected chi connectivity index (χ4v) is 4.12. The van der Waals surface area contributed by atoms with Gasteiger partial charge in [0, 0.05) is 48.7 Å². The second-order valence-electron chi connectivity index (χ2n) is 7.46. The summed E-state index contributed by atoms with van der Waals surface area (Å²) in [5.74, 6) is 0. The third kappa shape index (κ3) is 3.46. The second kappa shape index (κ2) is 8.28. The van der Waals surface area contributed by atoms with Crippen molar-refractivity contribution in [3.05, 3.63) is 82.0 Å². The summed E-state index contributed by atoms with van der Waals surface area (Å²) in [7, 11) is 2.10. The number of pyridine rings is 2. The number of rotatable bonds is 2. The molecule has 5 nitrogen and oxygen atoms in total. The van der Waals surface area contributed by atoms with E-state index >= 15 is 0 Å². The van der Waals surface area contributed by atoms with Crippen LogP contribution in [0.1, 0.15) is 30.7 Å². The highest BCUT2D eigenvalue weighted by Crippen LogP contribution is 2.29. The minimum Gasteiger partial charge on any atom is -0.346 e. The molecule has 3 aromatic heterocycles. The van der Waals surface area contributed by atoms with Crippen LogP contribution in [0.5, 0.6) is 0 Å². The molecule has 1 aromatic carbocycles. The standard InChI is InChI=1S/C23H22N4O.C2H6/c1-15-3-6-20(25-13-15)16-8-10-27(23(28)11-16)17-4-5-18-19-7-9-24-14-22(19)26(2)21(18)12-17;1-2/h3-6,8,10-13,24H,7,9,14H2,1-2H3;1-2H3. The number of nitrogens with one attached hydrogen (secondary N) is 1. The molecular formula is C25H28N4O. The summed E-state index contributed by atoms with van der Waals surface area (Å²) >= 11 is 0. The first-order valence-electron chi connectivity index (χ1n) is 10.6. The monoisotopic (exact) mass is 400 g/mol. The lowest BCUT2D eigenvalue weighted by Gasteiger charge is -2.14. The van der Waals surface area contributed by atoms with Crippen molar-refractivity contribution >= 4 is 10.9 Å². The molecule has 154 valence electrons. The quantitative estimate of drug-likeness (QED) is 0.544. The van der Waals surface area contributed by atoms with Crippen LogP contribution < -0.4 is 10.9 Å². The van der Waals surface area contributed by atoms with Crippen LogP contribution in [-0.2, 0) is 20.0 Å². The van der Waals surface area contributed by atoms with Crippen molar-refractivity contribution in [3.8, 4) is 16.9 Å². The second-order valence-corrected chi connectivity index (χ2v) is 7.46. The zero-order valence-electron chi connectivity index (χ0n) is 18.1. The van der Waals surface area contributed by atoms with Crippen molar-refractivity contribution in [2.24, 2.45) is 7.05 Å². The maximum Gasteiger partial charge on any atom is 0.255 e. The van der Waals surface area contributed by atoms with E-state index in [0.717, 1.165) is 42.0 Å². The van der Waals surface area contributed by atoms with Crippen molar-refractivity contribution in [3.63, 3.8) is 0 Å². The lowest BCUT2D eigenvalue weighted by atomic mass is 10.0. The number of aryl methyl sites for hydroxylation is 2. The average molecular weight is 401 g/mol. The van der Waals surface area contributed by atoms with E-state index in [4.69, 9.17) is 0 Å². The van der Waals surface area contributed by atoms with E-state index in [1.54, 1.807) is 10.6 Å². The third-order valence-electron chi connectivity index (χ3n) is 5.67. The lowest BCUT2D eigenvalue weighted by Crippen LogP contribution is -2.24. The third-order valence-corrected chi connectivity index (χ3v) is 5.67. The van der Waals surface area contributed by atoms with Gasteiger partial charge in [0.25, 0.3) is 5.56 Å². The van der Waals surface area contributed by atoms with Crippen LogP contribution in [0.3, 0.4) is 0 Å². The molecule has 4 heterocycles. The number of hydrogen-bond donors (Lipinski definition) is 1. The van der Waals surface area contributed by atoms with Crippen molar-refractivity contribution in [1.29, 1.82) is 0 Å². The molecule has 0 unspecified atom stereocenters. The van der Waals surface area contributed by atoms with Gasteiger partial charge >= 0.3 is 0 Å². The van der Waals surface area contributed by atoms with Crippen LogP contribution in [0.15, 0.2) is 59.7 Å². The molecule has 4 aromatic rings. The van der Waals surface area contributed by atoms with E-state index in [0.29, 0.717) is 0 Å². The minimum atomic E-state index is -0.0557. The highest BCUT2D eigenvalue weighted by Gasteiger charge is 2.18. The Morgan fingerprint density at radius 3 is 2.63 bits per heavy atom. The highest BCUT2D eigenvalue weighted by atomic mass is 16.1. The summed E-state index contributed by atoms with van der Waals surface area (Å²) in [6.45, 7) is 7.91. The molecule has 0 bridgehead atoms. The van der Waals surface area contributed by atoms with Gasteiger partial charge in [-0.2, -0.15) is 0 Å². The number of hydrogen-bond acceptors (Lipinski definition) is 3. The Balaban J connectivity index is 0.00000106. The largest absolute Gasteiger partial charge is 0.346 e. The Labute approximate surface area is 177 Å². The summed E-state index contributed by atoms with van der Waals surface area (Å²) in [6, 6.07) is 13.9. The van der Waals surface area contributed by atoms with Gasteiger partial charge in [-0.05, 0) is 55.3 Å². The van der Waals surface area contributed by atoms with Crippen LogP contribution in [0.2, 0.25) is 0 Å². The Hall–Kier alpha value is -3.18. The average Bonchev–Trinajstić information content (AvgIpc) is 3.07. The van der Waals surface area contributed by atoms with Gasteiger partial charge < -0.3 is 9.88 Å². The van der Waals surface area contributed by atoms with Crippen LogP contribution in [0.4, 0.5) is 0 Å². The molecule has 0 aliphatic carbocycles. The van der Waals surface area contributed by atoms with Gasteiger partial charge in [0.1, 0.15) is 0 Å². The van der Waals surface area contributed by atoms with Gasteiger partial charge in [-0.25, -0.2) is 0 Å². The van der Waals surface area contributed by atoms with Crippen LogP contribution >= 0.6 is 0 Å². The maximum absolute atomic E-state index is 12.8. The predicted molar refractivity (Wildman–Crippen MR) is 123 cm³/mol. The Kier molecular flexibility index (Phi) is 5.55. The fourth-order valence-electron chi connectivity index (χ4n) is 4.12. The van der Waals surface area contributed by atoms with E-state index in [1.807, 2.05) is 57.4 Å². The number of aromatic nitrogens is 3. The lowest BCUT2D eigenvalue weighted by molar-refractivity contribution is 0.614. The molecule has 0 atom stereocenters. The first-order chi connectivity index (χ1) is 14.6. The maximum atomic E-state index is 12.8. The molecule has 0 amide bonds. The Morgan fingerprint density at radius 1 is 1.07 bits per heavy atom. The molecule has 30 heavy (non-hydrogen) atoms. The smallest absolute Gasteiger partial charge is 0.255 e. The summed E-state index contributed by atoms with van der Waals surface area (Å²) < 4.78 is 3.94. The van der Waals surface area contributed by atoms with E-state index in [9.17, 15) is 4.79 Å². The topological polar surface area (TPSA) is 51.9 Å². The molecule has 0 radical (unpaired) electrons. The van der Waals surface area contributed by atoms with Crippen LogP contribution in [0, 0.1) is 6.92 Å². The molecule has 5 heteroatoms. The van der Waals surface area contributed by atoms with Crippen molar-refractivity contribution in [2.75, 3.05) is 6.54 Å². The zero-order chi connectivity index (χ0) is 21.3. The zero-order valence-corrected chi connectivity index (χ0v) is 18.1. The van der Waals surface area contributed by atoms with Gasteiger partial charge in [0.05, 0.1) is 16.9 Å². The molecule has 5 rings (SSSR count). The van der Waals surface area contributed by atoms with Gasteiger partial charge in [-0.3, -0.25) is 14.3 Å². The van der Waals surface area contributed by atoms with Crippen molar-refractivity contribution in [2.45, 2.75) is 33.7 Å². The van der Waals surface area contributed by atoms with Gasteiger partial charge in [0.2, 0.25) is 0 Å². The fraction of sp³-hybridized carbons (Fsp3) is 0.280. The van der Waals surface area contributed by atoms with E-state index in [-0.39, 0.29) is 5.56 Å². The molecule has 1 aliphatic rings. The predicted octanol–water partition coefficient (Wildman–Crippen LogP) is 4.37.